The molecular formula is C14H12N4OS3. The summed E-state index contributed by atoms with van der Waals surface area (Å²) >= 11 is 4.29. The molecule has 2 aromatic heterocycles. The van der Waals surface area contributed by atoms with E-state index in [4.69, 9.17) is 0 Å². The van der Waals surface area contributed by atoms with E-state index in [0.717, 1.165) is 20.6 Å². The number of thioether (sulfide) groups is 1. The van der Waals surface area contributed by atoms with Gasteiger partial charge >= 0.3 is 0 Å². The molecule has 112 valence electrons. The molecule has 0 fully saturated rings. The monoisotopic (exact) mass is 348 g/mol. The summed E-state index contributed by atoms with van der Waals surface area (Å²) in [6, 6.07) is 9.88. The average molecular weight is 348 g/mol. The molecule has 0 saturated carbocycles. The summed E-state index contributed by atoms with van der Waals surface area (Å²) in [6.07, 6.45) is 0. The van der Waals surface area contributed by atoms with Crippen LogP contribution in [0.5, 0.6) is 0 Å². The molecule has 3 rings (SSSR count). The van der Waals surface area contributed by atoms with Crippen LogP contribution in [0.15, 0.2) is 40.1 Å². The Balaban J connectivity index is 1.57. The van der Waals surface area contributed by atoms with Crippen molar-refractivity contribution in [1.82, 2.24) is 15.2 Å². The zero-order valence-corrected chi connectivity index (χ0v) is 14.1. The van der Waals surface area contributed by atoms with E-state index < -0.39 is 0 Å². The fourth-order valence-electron chi connectivity index (χ4n) is 1.69. The fraction of sp³-hybridized carbons (Fsp3) is 0.143. The van der Waals surface area contributed by atoms with Crippen molar-refractivity contribution >= 4 is 45.5 Å². The van der Waals surface area contributed by atoms with E-state index in [0.29, 0.717) is 10.9 Å². The summed E-state index contributed by atoms with van der Waals surface area (Å²) in [5, 5.41) is 14.2. The van der Waals surface area contributed by atoms with Crippen LogP contribution in [-0.2, 0) is 4.79 Å². The van der Waals surface area contributed by atoms with Crippen LogP contribution in [0.25, 0.3) is 11.3 Å². The Morgan fingerprint density at radius 1 is 1.27 bits per heavy atom. The molecule has 1 amide bonds. The van der Waals surface area contributed by atoms with Crippen LogP contribution in [0.2, 0.25) is 0 Å². The molecule has 1 N–H and O–H groups in total. The molecule has 0 bridgehead atoms. The third-order valence-electron chi connectivity index (χ3n) is 2.65. The van der Waals surface area contributed by atoms with Gasteiger partial charge in [-0.25, -0.2) is 4.98 Å². The Labute approximate surface area is 139 Å². The maximum absolute atomic E-state index is 11.9. The van der Waals surface area contributed by atoms with Crippen LogP contribution in [0.4, 0.5) is 5.13 Å². The number of anilines is 1. The van der Waals surface area contributed by atoms with Crippen LogP contribution >= 0.6 is 34.4 Å². The predicted octanol–water partition coefficient (Wildman–Crippen LogP) is 3.70. The number of rotatable bonds is 5. The first-order valence-electron chi connectivity index (χ1n) is 6.44. The van der Waals surface area contributed by atoms with Crippen LogP contribution < -0.4 is 5.32 Å². The summed E-state index contributed by atoms with van der Waals surface area (Å²) in [7, 11) is 0. The second-order valence-electron chi connectivity index (χ2n) is 4.33. The number of aryl methyl sites for hydroxylation is 1. The number of carbonyl (C=O) groups is 1. The highest BCUT2D eigenvalue weighted by Gasteiger charge is 2.10. The first-order valence-corrected chi connectivity index (χ1v) is 9.12. The summed E-state index contributed by atoms with van der Waals surface area (Å²) in [5.41, 5.74) is 1.91. The average Bonchev–Trinajstić information content (AvgIpc) is 3.15. The van der Waals surface area contributed by atoms with E-state index >= 15 is 0 Å². The summed E-state index contributed by atoms with van der Waals surface area (Å²) in [5.74, 6) is 0.210. The standard InChI is InChI=1S/C14H12N4OS3/c1-9-17-18-14(22-9)21-8-12(19)16-13-15-11(7-20-13)10-5-3-2-4-6-10/h2-7H,8H2,1H3,(H,15,16,19). The van der Waals surface area contributed by atoms with Crippen LogP contribution in [0.3, 0.4) is 0 Å². The van der Waals surface area contributed by atoms with Crippen molar-refractivity contribution in [2.75, 3.05) is 11.1 Å². The van der Waals surface area contributed by atoms with E-state index in [2.05, 4.69) is 20.5 Å². The number of carbonyl (C=O) groups excluding carboxylic acids is 1. The highest BCUT2D eigenvalue weighted by molar-refractivity contribution is 8.01. The van der Waals surface area contributed by atoms with Gasteiger partial charge in [-0.05, 0) is 6.92 Å². The summed E-state index contributed by atoms with van der Waals surface area (Å²) < 4.78 is 0.803. The van der Waals surface area contributed by atoms with E-state index in [1.54, 1.807) is 0 Å². The van der Waals surface area contributed by atoms with Crippen molar-refractivity contribution < 1.29 is 4.79 Å². The van der Waals surface area contributed by atoms with Crippen LogP contribution in [-0.4, -0.2) is 26.8 Å². The molecule has 0 aliphatic rings. The first-order chi connectivity index (χ1) is 10.7. The molecule has 0 saturated heterocycles. The molecule has 0 aliphatic carbocycles. The van der Waals surface area contributed by atoms with Gasteiger partial charge in [-0.15, -0.1) is 21.5 Å². The predicted molar refractivity (Wildman–Crippen MR) is 91.5 cm³/mol. The largest absolute Gasteiger partial charge is 0.301 e. The van der Waals surface area contributed by atoms with Crippen molar-refractivity contribution in [3.05, 3.63) is 40.7 Å². The third kappa shape index (κ3) is 3.90. The molecule has 2 heterocycles. The molecule has 1 aromatic carbocycles. The molecule has 5 nitrogen and oxygen atoms in total. The third-order valence-corrected chi connectivity index (χ3v) is 5.38. The lowest BCUT2D eigenvalue weighted by Gasteiger charge is -1.99. The van der Waals surface area contributed by atoms with Crippen molar-refractivity contribution in [1.29, 1.82) is 0 Å². The zero-order valence-electron chi connectivity index (χ0n) is 11.6. The van der Waals surface area contributed by atoms with E-state index in [1.807, 2.05) is 42.6 Å². The van der Waals surface area contributed by atoms with Gasteiger partial charge in [-0.3, -0.25) is 4.79 Å². The van der Waals surface area contributed by atoms with Crippen LogP contribution in [0.1, 0.15) is 5.01 Å². The first kappa shape index (κ1) is 15.1. The maximum atomic E-state index is 11.9. The van der Waals surface area contributed by atoms with Gasteiger partial charge < -0.3 is 5.32 Å². The number of hydrogen-bond acceptors (Lipinski definition) is 7. The molecule has 22 heavy (non-hydrogen) atoms. The molecule has 0 atom stereocenters. The number of thiazole rings is 1. The quantitative estimate of drug-likeness (QED) is 0.712. The number of nitrogens with one attached hydrogen (secondary N) is 1. The number of hydrogen-bond donors (Lipinski definition) is 1. The minimum absolute atomic E-state index is 0.0909. The second-order valence-corrected chi connectivity index (χ2v) is 7.59. The van der Waals surface area contributed by atoms with Crippen molar-refractivity contribution in [2.45, 2.75) is 11.3 Å². The van der Waals surface area contributed by atoms with Gasteiger partial charge in [-0.1, -0.05) is 53.4 Å². The van der Waals surface area contributed by atoms with E-state index in [9.17, 15) is 4.79 Å². The Morgan fingerprint density at radius 2 is 2.09 bits per heavy atom. The highest BCUT2D eigenvalue weighted by atomic mass is 32.2. The Bertz CT molecular complexity index is 769. The van der Waals surface area contributed by atoms with Gasteiger partial charge in [0.15, 0.2) is 9.47 Å². The van der Waals surface area contributed by atoms with Gasteiger partial charge in [0, 0.05) is 10.9 Å². The lowest BCUT2D eigenvalue weighted by molar-refractivity contribution is -0.113. The van der Waals surface area contributed by atoms with E-state index in [1.165, 1.54) is 34.4 Å². The van der Waals surface area contributed by atoms with Crippen molar-refractivity contribution in [3.63, 3.8) is 0 Å². The van der Waals surface area contributed by atoms with Gasteiger partial charge in [0.25, 0.3) is 0 Å². The topological polar surface area (TPSA) is 67.8 Å². The van der Waals surface area contributed by atoms with Crippen molar-refractivity contribution in [2.24, 2.45) is 0 Å². The van der Waals surface area contributed by atoms with E-state index in [-0.39, 0.29) is 5.91 Å². The molecule has 0 unspecified atom stereocenters. The van der Waals surface area contributed by atoms with Crippen molar-refractivity contribution in [3.8, 4) is 11.3 Å². The minimum atomic E-state index is -0.0909. The number of nitrogens with zero attached hydrogens (tertiary/aromatic N) is 3. The summed E-state index contributed by atoms with van der Waals surface area (Å²) in [4.78, 5) is 16.4. The molecule has 0 aliphatic heterocycles. The smallest absolute Gasteiger partial charge is 0.236 e. The van der Waals surface area contributed by atoms with Gasteiger partial charge in [0.2, 0.25) is 5.91 Å². The molecule has 0 radical (unpaired) electrons. The van der Waals surface area contributed by atoms with Gasteiger partial charge in [0.1, 0.15) is 5.01 Å². The number of benzene rings is 1. The molecule has 3 aromatic rings. The lowest BCUT2D eigenvalue weighted by atomic mass is 10.2. The lowest BCUT2D eigenvalue weighted by Crippen LogP contribution is -2.13. The second kappa shape index (κ2) is 6.99. The molecular weight excluding hydrogens is 336 g/mol. The zero-order chi connectivity index (χ0) is 15.4. The Hall–Kier alpha value is -1.77. The number of amides is 1. The molecule has 0 spiro atoms. The fourth-order valence-corrected chi connectivity index (χ4v) is 4.04. The SMILES string of the molecule is Cc1nnc(SCC(=O)Nc2nc(-c3ccccc3)cs2)s1. The molecule has 8 heteroatoms. The normalized spacial score (nSPS) is 10.6. The van der Waals surface area contributed by atoms with Gasteiger partial charge in [-0.2, -0.15) is 0 Å². The summed E-state index contributed by atoms with van der Waals surface area (Å²) in [6.45, 7) is 1.89. The minimum Gasteiger partial charge on any atom is -0.301 e. The maximum Gasteiger partial charge on any atom is 0.236 e. The van der Waals surface area contributed by atoms with Crippen LogP contribution in [0, 0.1) is 6.92 Å². The highest BCUT2D eigenvalue weighted by Crippen LogP contribution is 2.25. The Kier molecular flexibility index (Phi) is 4.81. The Morgan fingerprint density at radius 3 is 2.82 bits per heavy atom. The number of aromatic nitrogens is 3. The van der Waals surface area contributed by atoms with Gasteiger partial charge in [0.05, 0.1) is 11.4 Å².